The fraction of sp³-hybridized carbons (Fsp3) is 0.250. The summed E-state index contributed by atoms with van der Waals surface area (Å²) in [4.78, 5) is 25.7. The van der Waals surface area contributed by atoms with Gasteiger partial charge in [-0.1, -0.05) is 48.0 Å². The van der Waals surface area contributed by atoms with Crippen molar-refractivity contribution in [2.24, 2.45) is 0 Å². The molecule has 35 heavy (non-hydrogen) atoms. The van der Waals surface area contributed by atoms with Crippen LogP contribution in [0.1, 0.15) is 53.7 Å². The fourth-order valence-electron chi connectivity index (χ4n) is 3.76. The van der Waals surface area contributed by atoms with Crippen LogP contribution in [0.25, 0.3) is 0 Å². The normalized spacial score (nSPS) is 12.8. The van der Waals surface area contributed by atoms with Gasteiger partial charge in [0.05, 0.1) is 11.6 Å². The minimum atomic E-state index is -1.49. The number of phenolic OH excluding ortho intramolecular Hbond substituents is 1. The lowest BCUT2D eigenvalue weighted by atomic mass is 9.85. The van der Waals surface area contributed by atoms with Crippen molar-refractivity contribution in [2.45, 2.75) is 44.8 Å². The Bertz CT molecular complexity index is 1250. The van der Waals surface area contributed by atoms with Crippen molar-refractivity contribution < 1.29 is 19.4 Å². The molecule has 0 radical (unpaired) electrons. The van der Waals surface area contributed by atoms with Gasteiger partial charge in [-0.3, -0.25) is 4.79 Å². The van der Waals surface area contributed by atoms with E-state index in [4.69, 9.17) is 16.3 Å². The molecule has 0 fully saturated rings. The average Bonchev–Trinajstić information content (AvgIpc) is 2.83. The number of nitrogens with one attached hydrogen (secondary N) is 1. The third-order valence-corrected chi connectivity index (χ3v) is 6.05. The molecule has 2 N–H and O–H groups in total. The number of benzene rings is 3. The van der Waals surface area contributed by atoms with Crippen LogP contribution in [0.3, 0.4) is 0 Å². The number of amides is 1. The number of carbonyl (C=O) groups is 2. The summed E-state index contributed by atoms with van der Waals surface area (Å²) in [6, 6.07) is 22.5. The molecule has 7 heteroatoms. The molecule has 0 heterocycles. The molecule has 2 unspecified atom stereocenters. The lowest BCUT2D eigenvalue weighted by molar-refractivity contribution is -0.138. The van der Waals surface area contributed by atoms with Gasteiger partial charge in [0, 0.05) is 17.0 Å². The lowest BCUT2D eigenvalue weighted by Gasteiger charge is -2.30. The van der Waals surface area contributed by atoms with Gasteiger partial charge in [-0.05, 0) is 74.7 Å². The Kier molecular flexibility index (Phi) is 8.16. The van der Waals surface area contributed by atoms with Crippen LogP contribution in [-0.2, 0) is 16.0 Å². The molecule has 2 atom stereocenters. The van der Waals surface area contributed by atoms with Crippen molar-refractivity contribution in [3.8, 4) is 11.8 Å². The highest BCUT2D eigenvalue weighted by atomic mass is 35.5. The van der Waals surface area contributed by atoms with E-state index in [2.05, 4.69) is 11.4 Å². The molecule has 0 bridgehead atoms. The van der Waals surface area contributed by atoms with Crippen LogP contribution in [-0.4, -0.2) is 28.6 Å². The van der Waals surface area contributed by atoms with E-state index in [1.807, 2.05) is 49.4 Å². The second kappa shape index (κ2) is 11.1. The highest BCUT2D eigenvalue weighted by Crippen LogP contribution is 2.27. The minimum Gasteiger partial charge on any atom is -0.507 e. The van der Waals surface area contributed by atoms with Crippen molar-refractivity contribution in [2.75, 3.05) is 0 Å². The maximum absolute atomic E-state index is 13.2. The summed E-state index contributed by atoms with van der Waals surface area (Å²) in [5.74, 6) is -1.66. The zero-order valence-electron chi connectivity index (χ0n) is 19.8. The number of nitriles is 1. The van der Waals surface area contributed by atoms with E-state index in [1.54, 1.807) is 18.2 Å². The molecule has 6 nitrogen and oxygen atoms in total. The summed E-state index contributed by atoms with van der Waals surface area (Å²) in [5, 5.41) is 22.9. The maximum atomic E-state index is 13.2. The van der Waals surface area contributed by atoms with Gasteiger partial charge in [0.15, 0.2) is 5.60 Å². The molecule has 0 saturated heterocycles. The number of nitrogens with zero attached hydrogens (tertiary/aromatic N) is 1. The Morgan fingerprint density at radius 2 is 1.77 bits per heavy atom. The smallest absolute Gasteiger partial charge is 0.342 e. The zero-order valence-corrected chi connectivity index (χ0v) is 20.5. The quantitative estimate of drug-likeness (QED) is 0.413. The zero-order chi connectivity index (χ0) is 25.6. The number of esters is 1. The summed E-state index contributed by atoms with van der Waals surface area (Å²) in [6.45, 7) is 4.87. The first-order valence-corrected chi connectivity index (χ1v) is 11.6. The van der Waals surface area contributed by atoms with Gasteiger partial charge >= 0.3 is 5.97 Å². The summed E-state index contributed by atoms with van der Waals surface area (Å²) in [5.41, 5.74) is 0.936. The Morgan fingerprint density at radius 3 is 2.43 bits per heavy atom. The van der Waals surface area contributed by atoms with E-state index < -0.39 is 17.5 Å². The highest BCUT2D eigenvalue weighted by Gasteiger charge is 2.35. The molecule has 3 aromatic carbocycles. The first kappa shape index (κ1) is 25.8. The molecule has 0 spiro atoms. The van der Waals surface area contributed by atoms with Crippen molar-refractivity contribution in [3.63, 3.8) is 0 Å². The first-order chi connectivity index (χ1) is 16.6. The van der Waals surface area contributed by atoms with Gasteiger partial charge in [0.25, 0.3) is 5.91 Å². The number of ether oxygens (including phenoxy) is 1. The van der Waals surface area contributed by atoms with Crippen LogP contribution in [0.4, 0.5) is 0 Å². The SMILES string of the molecule is CC(NC(=O)C(C)(C)OC(=O)c1ccccc1O)C(Cc1ccc(Cl)cc1)c1cccc(C#N)c1. The molecule has 0 aliphatic heterocycles. The van der Waals surface area contributed by atoms with E-state index >= 15 is 0 Å². The maximum Gasteiger partial charge on any atom is 0.342 e. The number of hydrogen-bond acceptors (Lipinski definition) is 5. The van der Waals surface area contributed by atoms with Crippen molar-refractivity contribution in [1.82, 2.24) is 5.32 Å². The van der Waals surface area contributed by atoms with Gasteiger partial charge in [0.2, 0.25) is 0 Å². The highest BCUT2D eigenvalue weighted by molar-refractivity contribution is 6.30. The Labute approximate surface area is 210 Å². The molecular weight excluding hydrogens is 464 g/mol. The number of rotatable bonds is 8. The van der Waals surface area contributed by atoms with Crippen LogP contribution in [0.15, 0.2) is 72.8 Å². The van der Waals surface area contributed by atoms with Crippen molar-refractivity contribution >= 4 is 23.5 Å². The predicted molar refractivity (Wildman–Crippen MR) is 134 cm³/mol. The van der Waals surface area contributed by atoms with Crippen LogP contribution < -0.4 is 5.32 Å². The van der Waals surface area contributed by atoms with Gasteiger partial charge in [-0.25, -0.2) is 4.79 Å². The van der Waals surface area contributed by atoms with Crippen LogP contribution in [0.5, 0.6) is 5.75 Å². The molecule has 0 aliphatic carbocycles. The molecule has 3 rings (SSSR count). The van der Waals surface area contributed by atoms with E-state index in [1.165, 1.54) is 26.0 Å². The Hall–Kier alpha value is -3.82. The molecule has 0 aromatic heterocycles. The number of hydrogen-bond donors (Lipinski definition) is 2. The van der Waals surface area contributed by atoms with Crippen molar-refractivity contribution in [3.05, 3.63) is 100 Å². The number of aromatic hydroxyl groups is 1. The molecule has 180 valence electrons. The second-order valence-electron chi connectivity index (χ2n) is 8.85. The summed E-state index contributed by atoms with van der Waals surface area (Å²) < 4.78 is 5.45. The van der Waals surface area contributed by atoms with Gasteiger partial charge < -0.3 is 15.2 Å². The van der Waals surface area contributed by atoms with Crippen molar-refractivity contribution in [1.29, 1.82) is 5.26 Å². The largest absolute Gasteiger partial charge is 0.507 e. The van der Waals surface area contributed by atoms with Crippen LogP contribution >= 0.6 is 11.6 Å². The molecule has 0 aliphatic rings. The number of halogens is 1. The summed E-state index contributed by atoms with van der Waals surface area (Å²) in [7, 11) is 0. The van der Waals surface area contributed by atoms with Gasteiger partial charge in [-0.2, -0.15) is 5.26 Å². The second-order valence-corrected chi connectivity index (χ2v) is 9.29. The minimum absolute atomic E-state index is 0.0182. The average molecular weight is 491 g/mol. The standard InChI is InChI=1S/C28H27ClN2O4/c1-18(31-27(34)28(2,3)35-26(33)23-9-4-5-10-25(23)32)24(16-19-11-13-22(29)14-12-19)21-8-6-7-20(15-21)17-30/h4-15,18,24,32H,16H2,1-3H3,(H,31,34). The van der Waals surface area contributed by atoms with Crippen LogP contribution in [0.2, 0.25) is 5.02 Å². The first-order valence-electron chi connectivity index (χ1n) is 11.2. The predicted octanol–water partition coefficient (Wildman–Crippen LogP) is 5.38. The third-order valence-electron chi connectivity index (χ3n) is 5.79. The van der Waals surface area contributed by atoms with E-state index in [9.17, 15) is 20.0 Å². The number of phenols is 1. The van der Waals surface area contributed by atoms with E-state index in [0.29, 0.717) is 17.0 Å². The molecule has 0 saturated carbocycles. The van der Waals surface area contributed by atoms with Gasteiger partial charge in [0.1, 0.15) is 11.3 Å². The third kappa shape index (κ3) is 6.62. The summed E-state index contributed by atoms with van der Waals surface area (Å²) in [6.07, 6.45) is 0.589. The molecule has 1 amide bonds. The number of carbonyl (C=O) groups excluding carboxylic acids is 2. The topological polar surface area (TPSA) is 99.4 Å². The Morgan fingerprint density at radius 1 is 1.09 bits per heavy atom. The number of para-hydroxylation sites is 1. The summed E-state index contributed by atoms with van der Waals surface area (Å²) >= 11 is 6.03. The fourth-order valence-corrected chi connectivity index (χ4v) is 3.88. The van der Waals surface area contributed by atoms with E-state index in [-0.39, 0.29) is 23.3 Å². The van der Waals surface area contributed by atoms with E-state index in [0.717, 1.165) is 11.1 Å². The van der Waals surface area contributed by atoms with Crippen LogP contribution in [0, 0.1) is 11.3 Å². The monoisotopic (exact) mass is 490 g/mol. The molecular formula is C28H27ClN2O4. The Balaban J connectivity index is 1.81. The lowest BCUT2D eigenvalue weighted by Crippen LogP contribution is -2.50. The van der Waals surface area contributed by atoms with Gasteiger partial charge in [-0.15, -0.1) is 0 Å². The molecule has 3 aromatic rings.